The van der Waals surface area contributed by atoms with E-state index in [-0.39, 0.29) is 16.7 Å². The summed E-state index contributed by atoms with van der Waals surface area (Å²) in [5.41, 5.74) is 3.57. The molecule has 5 heteroatoms. The molecule has 0 radical (unpaired) electrons. The highest BCUT2D eigenvalue weighted by atomic mass is 32.1. The van der Waals surface area contributed by atoms with E-state index in [4.69, 9.17) is 12.2 Å². The van der Waals surface area contributed by atoms with Gasteiger partial charge in [0, 0.05) is 0 Å². The summed E-state index contributed by atoms with van der Waals surface area (Å²) >= 11 is 5.20. The van der Waals surface area contributed by atoms with Gasteiger partial charge < -0.3 is 5.32 Å². The molecule has 1 saturated heterocycles. The molecule has 23 heavy (non-hydrogen) atoms. The van der Waals surface area contributed by atoms with Crippen molar-refractivity contribution in [1.82, 2.24) is 5.32 Å². The zero-order valence-electron chi connectivity index (χ0n) is 12.8. The lowest BCUT2D eigenvalue weighted by Gasteiger charge is -2.14. The molecule has 116 valence electrons. The molecule has 0 atom stereocenters. The van der Waals surface area contributed by atoms with E-state index in [1.807, 2.05) is 32.0 Å². The number of carbonyl (C=O) groups excluding carboxylic acids is 1. The van der Waals surface area contributed by atoms with Crippen molar-refractivity contribution in [3.8, 4) is 0 Å². The van der Waals surface area contributed by atoms with Crippen LogP contribution in [0.1, 0.15) is 16.7 Å². The minimum atomic E-state index is -0.488. The normalized spacial score (nSPS) is 16.1. The van der Waals surface area contributed by atoms with Gasteiger partial charge in [0.05, 0.1) is 5.69 Å². The molecule has 3 nitrogen and oxygen atoms in total. The van der Waals surface area contributed by atoms with Crippen LogP contribution in [0.5, 0.6) is 0 Å². The van der Waals surface area contributed by atoms with Gasteiger partial charge in [-0.25, -0.2) is 9.29 Å². The molecular weight excluding hydrogens is 311 g/mol. The van der Waals surface area contributed by atoms with Gasteiger partial charge in [-0.3, -0.25) is 4.79 Å². The molecule has 1 heterocycles. The van der Waals surface area contributed by atoms with Crippen molar-refractivity contribution in [2.45, 2.75) is 13.8 Å². The minimum absolute atomic E-state index is 0.152. The van der Waals surface area contributed by atoms with Crippen molar-refractivity contribution in [3.05, 3.63) is 70.7 Å². The predicted molar refractivity (Wildman–Crippen MR) is 93.5 cm³/mol. The van der Waals surface area contributed by atoms with Gasteiger partial charge in [0.25, 0.3) is 5.91 Å². The Morgan fingerprint density at radius 3 is 2.65 bits per heavy atom. The topological polar surface area (TPSA) is 32.3 Å². The van der Waals surface area contributed by atoms with E-state index in [9.17, 15) is 9.18 Å². The highest BCUT2D eigenvalue weighted by molar-refractivity contribution is 7.80. The molecule has 1 amide bonds. The second-order valence-electron chi connectivity index (χ2n) is 5.44. The molecule has 1 aliphatic rings. The van der Waals surface area contributed by atoms with Gasteiger partial charge in [-0.2, -0.15) is 0 Å². The molecule has 0 aliphatic carbocycles. The number of para-hydroxylation sites is 1. The van der Waals surface area contributed by atoms with Gasteiger partial charge in [0.2, 0.25) is 0 Å². The lowest BCUT2D eigenvalue weighted by atomic mass is 10.0. The number of carbonyl (C=O) groups is 1. The van der Waals surface area contributed by atoms with E-state index in [1.54, 1.807) is 18.2 Å². The molecule has 2 aromatic rings. The first-order chi connectivity index (χ1) is 11.0. The molecule has 1 aliphatic heterocycles. The van der Waals surface area contributed by atoms with Crippen molar-refractivity contribution >= 4 is 35.0 Å². The Morgan fingerprint density at radius 1 is 1.17 bits per heavy atom. The molecule has 2 aromatic carbocycles. The monoisotopic (exact) mass is 326 g/mol. The number of rotatable bonds is 2. The summed E-state index contributed by atoms with van der Waals surface area (Å²) < 4.78 is 14.0. The first kappa shape index (κ1) is 15.4. The third-order valence-corrected chi connectivity index (χ3v) is 3.99. The van der Waals surface area contributed by atoms with Crippen LogP contribution in [0, 0.1) is 19.7 Å². The number of hydrogen-bond acceptors (Lipinski definition) is 2. The Bertz CT molecular complexity index is 845. The van der Waals surface area contributed by atoms with Gasteiger partial charge in [0.15, 0.2) is 5.11 Å². The van der Waals surface area contributed by atoms with Crippen LogP contribution in [0.3, 0.4) is 0 Å². The maximum absolute atomic E-state index is 14.0. The standard InChI is InChI=1S/C18H15FN2OS/c1-11-7-8-12(2)13(9-11)10-15-17(22)21(18(23)20-15)16-6-4-3-5-14(16)19/h3-10H,1-2H3,(H,20,23)/b15-10-. The van der Waals surface area contributed by atoms with Gasteiger partial charge >= 0.3 is 0 Å². The number of benzene rings is 2. The molecule has 0 saturated carbocycles. The van der Waals surface area contributed by atoms with Crippen LogP contribution >= 0.6 is 12.2 Å². The van der Waals surface area contributed by atoms with Crippen molar-refractivity contribution < 1.29 is 9.18 Å². The molecular formula is C18H15FN2OS. The highest BCUT2D eigenvalue weighted by Crippen LogP contribution is 2.25. The summed E-state index contributed by atoms with van der Waals surface area (Å²) in [6.45, 7) is 3.96. The smallest absolute Gasteiger partial charge is 0.281 e. The molecule has 0 unspecified atom stereocenters. The summed E-state index contributed by atoms with van der Waals surface area (Å²) in [6, 6.07) is 12.1. The Balaban J connectivity index is 2.00. The maximum Gasteiger partial charge on any atom is 0.281 e. The number of anilines is 1. The molecule has 0 bridgehead atoms. The Hall–Kier alpha value is -2.53. The number of nitrogens with zero attached hydrogens (tertiary/aromatic N) is 1. The third kappa shape index (κ3) is 2.87. The van der Waals surface area contributed by atoms with Crippen LogP contribution < -0.4 is 10.2 Å². The van der Waals surface area contributed by atoms with Crippen LogP contribution in [0.2, 0.25) is 0 Å². The number of thiocarbonyl (C=S) groups is 1. The number of nitrogens with one attached hydrogen (secondary N) is 1. The van der Waals surface area contributed by atoms with E-state index in [2.05, 4.69) is 5.32 Å². The lowest BCUT2D eigenvalue weighted by molar-refractivity contribution is -0.113. The van der Waals surface area contributed by atoms with Crippen LogP contribution in [-0.2, 0) is 4.79 Å². The Morgan fingerprint density at radius 2 is 1.91 bits per heavy atom. The quantitative estimate of drug-likeness (QED) is 0.674. The average molecular weight is 326 g/mol. The van der Waals surface area contributed by atoms with Crippen LogP contribution in [0.25, 0.3) is 6.08 Å². The second-order valence-corrected chi connectivity index (χ2v) is 5.83. The van der Waals surface area contributed by atoms with Gasteiger partial charge in [0.1, 0.15) is 11.5 Å². The number of hydrogen-bond donors (Lipinski definition) is 1. The minimum Gasteiger partial charge on any atom is -0.327 e. The van der Waals surface area contributed by atoms with E-state index in [0.717, 1.165) is 16.7 Å². The molecule has 3 rings (SSSR count). The first-order valence-corrected chi connectivity index (χ1v) is 7.57. The van der Waals surface area contributed by atoms with Crippen LogP contribution in [-0.4, -0.2) is 11.0 Å². The van der Waals surface area contributed by atoms with Crippen LogP contribution in [0.15, 0.2) is 48.2 Å². The fraction of sp³-hybridized carbons (Fsp3) is 0.111. The third-order valence-electron chi connectivity index (χ3n) is 3.71. The van der Waals surface area contributed by atoms with E-state index >= 15 is 0 Å². The summed E-state index contributed by atoms with van der Waals surface area (Å²) in [5, 5.41) is 3.05. The maximum atomic E-state index is 14.0. The SMILES string of the molecule is Cc1ccc(C)c(/C=C2\NC(=S)N(c3ccccc3F)C2=O)c1. The summed E-state index contributed by atoms with van der Waals surface area (Å²) in [7, 11) is 0. The molecule has 0 spiro atoms. The molecule has 0 aromatic heterocycles. The molecule has 1 N–H and O–H groups in total. The number of halogens is 1. The fourth-order valence-electron chi connectivity index (χ4n) is 2.46. The highest BCUT2D eigenvalue weighted by Gasteiger charge is 2.33. The van der Waals surface area contributed by atoms with E-state index in [1.165, 1.54) is 17.0 Å². The largest absolute Gasteiger partial charge is 0.327 e. The van der Waals surface area contributed by atoms with Gasteiger partial charge in [-0.05, 0) is 55.4 Å². The second kappa shape index (κ2) is 5.93. The van der Waals surface area contributed by atoms with E-state index < -0.39 is 5.82 Å². The van der Waals surface area contributed by atoms with Crippen molar-refractivity contribution in [2.75, 3.05) is 4.90 Å². The average Bonchev–Trinajstić information content (AvgIpc) is 2.78. The Kier molecular flexibility index (Phi) is 3.96. The van der Waals surface area contributed by atoms with Gasteiger partial charge in [-0.1, -0.05) is 35.9 Å². The summed E-state index contributed by atoms with van der Waals surface area (Å²) in [4.78, 5) is 13.8. The Labute approximate surface area is 139 Å². The van der Waals surface area contributed by atoms with Crippen molar-refractivity contribution in [1.29, 1.82) is 0 Å². The van der Waals surface area contributed by atoms with Crippen molar-refractivity contribution in [2.24, 2.45) is 0 Å². The lowest BCUT2D eigenvalue weighted by Crippen LogP contribution is -2.31. The fourth-order valence-corrected chi connectivity index (χ4v) is 2.75. The summed E-state index contributed by atoms with van der Waals surface area (Å²) in [6.07, 6.45) is 1.75. The van der Waals surface area contributed by atoms with Crippen molar-refractivity contribution in [3.63, 3.8) is 0 Å². The zero-order chi connectivity index (χ0) is 16.6. The van der Waals surface area contributed by atoms with Crippen LogP contribution in [0.4, 0.5) is 10.1 Å². The zero-order valence-corrected chi connectivity index (χ0v) is 13.6. The molecule has 1 fully saturated rings. The first-order valence-electron chi connectivity index (χ1n) is 7.16. The number of aryl methyl sites for hydroxylation is 2. The number of amides is 1. The summed E-state index contributed by atoms with van der Waals surface area (Å²) in [5.74, 6) is -0.848. The van der Waals surface area contributed by atoms with E-state index in [0.29, 0.717) is 5.70 Å². The predicted octanol–water partition coefficient (Wildman–Crippen LogP) is 3.70. The van der Waals surface area contributed by atoms with Gasteiger partial charge in [-0.15, -0.1) is 0 Å².